The van der Waals surface area contributed by atoms with Crippen molar-refractivity contribution in [2.24, 2.45) is 0 Å². The van der Waals surface area contributed by atoms with Gasteiger partial charge in [-0.05, 0) is 30.5 Å². The second-order valence-corrected chi connectivity index (χ2v) is 7.06. The topological polar surface area (TPSA) is 37.2 Å². The monoisotopic (exact) mass is 349 g/mol. The van der Waals surface area contributed by atoms with Crippen LogP contribution < -0.4 is 0 Å². The third kappa shape index (κ3) is 4.48. The summed E-state index contributed by atoms with van der Waals surface area (Å²) in [6.07, 6.45) is 2.25. The Bertz CT molecular complexity index is 772. The lowest BCUT2D eigenvalue weighted by Gasteiger charge is -2.34. The minimum Gasteiger partial charge on any atom is -0.301 e. The molecule has 0 spiro atoms. The van der Waals surface area contributed by atoms with Crippen molar-refractivity contribution in [2.75, 3.05) is 39.3 Å². The summed E-state index contributed by atoms with van der Waals surface area (Å²) in [6, 6.07) is 18.9. The molecule has 1 aliphatic heterocycles. The Morgan fingerprint density at radius 1 is 0.654 bits per heavy atom. The van der Waals surface area contributed by atoms with Crippen LogP contribution >= 0.6 is 0 Å². The number of aromatic nitrogens is 3. The van der Waals surface area contributed by atoms with E-state index in [9.17, 15) is 0 Å². The summed E-state index contributed by atoms with van der Waals surface area (Å²) < 4.78 is 0. The molecule has 0 radical (unpaired) electrons. The number of hydrogen-bond donors (Lipinski definition) is 0. The van der Waals surface area contributed by atoms with Crippen LogP contribution in [-0.4, -0.2) is 64.1 Å². The van der Waals surface area contributed by atoms with Gasteiger partial charge in [-0.3, -0.25) is 0 Å². The number of aryl methyl sites for hydroxylation is 1. The van der Waals surface area contributed by atoms with Crippen LogP contribution in [0.15, 0.2) is 54.6 Å². The number of hydrogen-bond acceptors (Lipinski definition) is 4. The molecule has 2 heterocycles. The lowest BCUT2D eigenvalue weighted by atomic mass is 10.1. The molecule has 1 aliphatic rings. The lowest BCUT2D eigenvalue weighted by molar-refractivity contribution is 0.130. The largest absolute Gasteiger partial charge is 0.301 e. The fraction of sp³-hybridized carbons (Fsp3) is 0.429. The fourth-order valence-corrected chi connectivity index (χ4v) is 3.61. The normalized spacial score (nSPS) is 16.3. The fourth-order valence-electron chi connectivity index (χ4n) is 3.61. The second kappa shape index (κ2) is 8.43. The van der Waals surface area contributed by atoms with Gasteiger partial charge in [-0.15, -0.1) is 0 Å². The van der Waals surface area contributed by atoms with Gasteiger partial charge in [0, 0.05) is 39.3 Å². The first-order valence-electron chi connectivity index (χ1n) is 9.65. The quantitative estimate of drug-likeness (QED) is 0.657. The van der Waals surface area contributed by atoms with Crippen molar-refractivity contribution in [3.8, 4) is 0 Å². The average molecular weight is 349 g/mol. The van der Waals surface area contributed by atoms with Crippen LogP contribution in [0.4, 0.5) is 0 Å². The molecule has 1 fully saturated rings. The summed E-state index contributed by atoms with van der Waals surface area (Å²) in [5, 5.41) is 9.08. The van der Waals surface area contributed by atoms with Gasteiger partial charge >= 0.3 is 0 Å². The molecule has 0 N–H and O–H groups in total. The first-order chi connectivity index (χ1) is 12.9. The van der Waals surface area contributed by atoms with Gasteiger partial charge < -0.3 is 9.80 Å². The van der Waals surface area contributed by atoms with E-state index in [0.717, 1.165) is 37.0 Å². The number of piperazine rings is 1. The Balaban J connectivity index is 1.16. The van der Waals surface area contributed by atoms with E-state index in [1.165, 1.54) is 38.3 Å². The summed E-state index contributed by atoms with van der Waals surface area (Å²) in [6.45, 7) is 7.88. The molecule has 1 aromatic heterocycles. The molecule has 26 heavy (non-hydrogen) atoms. The highest BCUT2D eigenvalue weighted by Gasteiger charge is 2.16. The number of fused-ring (bicyclic) bond motifs is 1. The molecule has 0 unspecified atom stereocenters. The summed E-state index contributed by atoms with van der Waals surface area (Å²) in [5.74, 6) is 0. The van der Waals surface area contributed by atoms with Gasteiger partial charge in [0.15, 0.2) is 0 Å². The molecule has 0 saturated carbocycles. The third-order valence-corrected chi connectivity index (χ3v) is 5.18. The smallest absolute Gasteiger partial charge is 0.113 e. The summed E-state index contributed by atoms with van der Waals surface area (Å²) in [7, 11) is 0. The Morgan fingerprint density at radius 2 is 1.23 bits per heavy atom. The third-order valence-electron chi connectivity index (χ3n) is 5.18. The highest BCUT2D eigenvalue weighted by Crippen LogP contribution is 2.09. The zero-order valence-electron chi connectivity index (χ0n) is 15.3. The van der Waals surface area contributed by atoms with Crippen molar-refractivity contribution in [1.82, 2.24) is 24.8 Å². The van der Waals surface area contributed by atoms with Crippen molar-refractivity contribution in [2.45, 2.75) is 19.4 Å². The maximum absolute atomic E-state index is 4.54. The molecule has 0 bridgehead atoms. The molecule has 136 valence electrons. The molecule has 5 heteroatoms. The highest BCUT2D eigenvalue weighted by molar-refractivity contribution is 5.72. The lowest BCUT2D eigenvalue weighted by Crippen LogP contribution is -2.47. The predicted molar refractivity (Wildman–Crippen MR) is 105 cm³/mol. The Labute approximate surface area is 155 Å². The van der Waals surface area contributed by atoms with Crippen molar-refractivity contribution in [1.29, 1.82) is 0 Å². The van der Waals surface area contributed by atoms with Gasteiger partial charge in [0.1, 0.15) is 11.0 Å². The molecular formula is C21H27N5. The number of rotatable bonds is 7. The molecule has 0 atom stereocenters. The Hall–Kier alpha value is -2.24. The molecule has 0 aliphatic carbocycles. The van der Waals surface area contributed by atoms with E-state index >= 15 is 0 Å². The molecule has 0 amide bonds. The van der Waals surface area contributed by atoms with E-state index in [1.807, 2.05) is 29.1 Å². The van der Waals surface area contributed by atoms with Crippen LogP contribution in [0.5, 0.6) is 0 Å². The maximum atomic E-state index is 4.54. The van der Waals surface area contributed by atoms with E-state index in [0.29, 0.717) is 0 Å². The molecule has 2 aromatic carbocycles. The van der Waals surface area contributed by atoms with Crippen molar-refractivity contribution >= 4 is 11.0 Å². The molecular weight excluding hydrogens is 322 g/mol. The highest BCUT2D eigenvalue weighted by atomic mass is 15.5. The molecule has 4 rings (SSSR count). The molecule has 3 aromatic rings. The number of benzene rings is 2. The van der Waals surface area contributed by atoms with Gasteiger partial charge in [-0.1, -0.05) is 42.5 Å². The minimum atomic E-state index is 0.892. The average Bonchev–Trinajstić information content (AvgIpc) is 3.11. The van der Waals surface area contributed by atoms with Crippen LogP contribution in [-0.2, 0) is 13.0 Å². The summed E-state index contributed by atoms with van der Waals surface area (Å²) in [4.78, 5) is 7.01. The zero-order chi connectivity index (χ0) is 17.6. The van der Waals surface area contributed by atoms with Gasteiger partial charge in [-0.2, -0.15) is 15.0 Å². The summed E-state index contributed by atoms with van der Waals surface area (Å²) >= 11 is 0. The van der Waals surface area contributed by atoms with Gasteiger partial charge in [-0.25, -0.2) is 0 Å². The Kier molecular flexibility index (Phi) is 5.57. The van der Waals surface area contributed by atoms with Crippen molar-refractivity contribution in [3.05, 3.63) is 60.2 Å². The first-order valence-corrected chi connectivity index (χ1v) is 9.65. The minimum absolute atomic E-state index is 0.892. The van der Waals surface area contributed by atoms with Crippen LogP contribution in [0.25, 0.3) is 11.0 Å². The first kappa shape index (κ1) is 17.2. The van der Waals surface area contributed by atoms with Gasteiger partial charge in [0.25, 0.3) is 0 Å². The van der Waals surface area contributed by atoms with E-state index in [1.54, 1.807) is 0 Å². The predicted octanol–water partition coefficient (Wildman–Crippen LogP) is 2.68. The van der Waals surface area contributed by atoms with Gasteiger partial charge in [0.2, 0.25) is 0 Å². The van der Waals surface area contributed by atoms with Crippen molar-refractivity contribution in [3.63, 3.8) is 0 Å². The summed E-state index contributed by atoms with van der Waals surface area (Å²) in [5.41, 5.74) is 3.41. The van der Waals surface area contributed by atoms with E-state index < -0.39 is 0 Å². The maximum Gasteiger partial charge on any atom is 0.113 e. The van der Waals surface area contributed by atoms with Crippen molar-refractivity contribution < 1.29 is 0 Å². The van der Waals surface area contributed by atoms with Crippen LogP contribution in [0, 0.1) is 0 Å². The molecule has 5 nitrogen and oxygen atoms in total. The van der Waals surface area contributed by atoms with Crippen LogP contribution in [0.3, 0.4) is 0 Å². The Morgan fingerprint density at radius 3 is 1.88 bits per heavy atom. The zero-order valence-corrected chi connectivity index (χ0v) is 15.3. The van der Waals surface area contributed by atoms with E-state index in [4.69, 9.17) is 0 Å². The molecule has 1 saturated heterocycles. The van der Waals surface area contributed by atoms with E-state index in [-0.39, 0.29) is 0 Å². The van der Waals surface area contributed by atoms with Crippen LogP contribution in [0.2, 0.25) is 0 Å². The second-order valence-electron chi connectivity index (χ2n) is 7.06. The van der Waals surface area contributed by atoms with E-state index in [2.05, 4.69) is 50.3 Å². The standard InChI is InChI=1S/C21H27N5/c1-2-7-19(8-3-1)11-14-25-17-15-24(16-18-25)12-6-13-26-22-20-9-4-5-10-21(20)23-26/h1-5,7-10H,6,11-18H2. The number of nitrogens with zero attached hydrogens (tertiary/aromatic N) is 5. The van der Waals surface area contributed by atoms with Crippen LogP contribution in [0.1, 0.15) is 12.0 Å². The SMILES string of the molecule is c1ccc(CCN2CCN(CCCn3nc4ccccc4n3)CC2)cc1. The van der Waals surface area contributed by atoms with Gasteiger partial charge in [0.05, 0.1) is 6.54 Å².